The fourth-order valence-corrected chi connectivity index (χ4v) is 6.82. The van der Waals surface area contributed by atoms with Gasteiger partial charge in [-0.1, -0.05) is 206 Å². The predicted molar refractivity (Wildman–Crippen MR) is 233 cm³/mol. The first kappa shape index (κ1) is 52.9. The van der Waals surface area contributed by atoms with Gasteiger partial charge in [0.1, 0.15) is 13.2 Å². The molecule has 0 heterocycles. The van der Waals surface area contributed by atoms with Gasteiger partial charge in [0.05, 0.1) is 0 Å². The van der Waals surface area contributed by atoms with Crippen LogP contribution < -0.4 is 0 Å². The second-order valence-corrected chi connectivity index (χ2v) is 16.0. The molecule has 322 valence electrons. The van der Waals surface area contributed by atoms with Crippen molar-refractivity contribution in [3.8, 4) is 0 Å². The third-order valence-corrected chi connectivity index (χ3v) is 10.5. The van der Waals surface area contributed by atoms with E-state index < -0.39 is 6.10 Å². The second kappa shape index (κ2) is 44.6. The van der Waals surface area contributed by atoms with E-state index in [2.05, 4.69) is 45.1 Å². The van der Waals surface area contributed by atoms with Gasteiger partial charge in [0.15, 0.2) is 6.10 Å². The van der Waals surface area contributed by atoms with Crippen LogP contribution in [-0.2, 0) is 28.6 Å². The van der Waals surface area contributed by atoms with Crippen LogP contribution >= 0.6 is 0 Å². The molecule has 55 heavy (non-hydrogen) atoms. The normalized spacial score (nSPS) is 12.1. The van der Waals surface area contributed by atoms with Gasteiger partial charge >= 0.3 is 17.9 Å². The van der Waals surface area contributed by atoms with Gasteiger partial charge in [-0.3, -0.25) is 14.4 Å². The van der Waals surface area contributed by atoms with Gasteiger partial charge in [-0.25, -0.2) is 0 Å². The van der Waals surface area contributed by atoms with Crippen molar-refractivity contribution in [2.75, 3.05) is 13.2 Å². The molecule has 6 nitrogen and oxygen atoms in total. The molecule has 0 aliphatic heterocycles. The number of unbranched alkanes of at least 4 members (excludes halogenated alkanes) is 28. The molecule has 0 rings (SSSR count). The summed E-state index contributed by atoms with van der Waals surface area (Å²) in [6, 6.07) is 0. The van der Waals surface area contributed by atoms with Crippen molar-refractivity contribution >= 4 is 17.9 Å². The highest BCUT2D eigenvalue weighted by Crippen LogP contribution is 2.15. The summed E-state index contributed by atoms with van der Waals surface area (Å²) < 4.78 is 16.5. The minimum absolute atomic E-state index is 0.0696. The molecule has 0 saturated heterocycles. The Morgan fingerprint density at radius 3 is 1.00 bits per heavy atom. The lowest BCUT2D eigenvalue weighted by atomic mass is 10.0. The van der Waals surface area contributed by atoms with Crippen molar-refractivity contribution < 1.29 is 28.6 Å². The average Bonchev–Trinajstić information content (AvgIpc) is 3.18. The first-order valence-electron chi connectivity index (χ1n) is 23.8. The summed E-state index contributed by atoms with van der Waals surface area (Å²) in [5.41, 5.74) is 0. The van der Waals surface area contributed by atoms with E-state index in [1.807, 2.05) is 0 Å². The molecule has 0 amide bonds. The number of hydrogen-bond donors (Lipinski definition) is 0. The Morgan fingerprint density at radius 2 is 0.655 bits per heavy atom. The summed E-state index contributed by atoms with van der Waals surface area (Å²) in [6.45, 7) is 6.46. The van der Waals surface area contributed by atoms with Gasteiger partial charge in [0.2, 0.25) is 0 Å². The molecule has 1 unspecified atom stereocenters. The maximum atomic E-state index is 12.4. The molecule has 0 aliphatic rings. The maximum Gasteiger partial charge on any atom is 0.306 e. The molecule has 0 N–H and O–H groups in total. The Hall–Kier alpha value is -2.11. The lowest BCUT2D eigenvalue weighted by Gasteiger charge is -2.18. The Balaban J connectivity index is 3.82. The Labute approximate surface area is 341 Å². The van der Waals surface area contributed by atoms with Gasteiger partial charge in [0, 0.05) is 19.3 Å². The average molecular weight is 775 g/mol. The molecule has 0 saturated carbocycles. The number of rotatable bonds is 43. The summed E-state index contributed by atoms with van der Waals surface area (Å²) in [4.78, 5) is 37.1. The molecule has 0 bridgehead atoms. The third kappa shape index (κ3) is 42.9. The highest BCUT2D eigenvalue weighted by Gasteiger charge is 2.19. The van der Waals surface area contributed by atoms with Crippen molar-refractivity contribution in [1.29, 1.82) is 0 Å². The van der Waals surface area contributed by atoms with Gasteiger partial charge in [-0.2, -0.15) is 0 Å². The summed E-state index contributed by atoms with van der Waals surface area (Å²) >= 11 is 0. The maximum absolute atomic E-state index is 12.4. The fraction of sp³-hybridized carbons (Fsp3) is 0.857. The number of carbonyl (C=O) groups excluding carboxylic acids is 3. The predicted octanol–water partition coefficient (Wildman–Crippen LogP) is 15.2. The van der Waals surface area contributed by atoms with E-state index in [0.29, 0.717) is 19.3 Å². The topological polar surface area (TPSA) is 78.9 Å². The smallest absolute Gasteiger partial charge is 0.306 e. The fourth-order valence-electron chi connectivity index (χ4n) is 6.82. The molecule has 0 spiro atoms. The minimum Gasteiger partial charge on any atom is -0.462 e. The summed E-state index contributed by atoms with van der Waals surface area (Å²) in [5.74, 6) is -0.894. The van der Waals surface area contributed by atoms with Crippen LogP contribution in [0.25, 0.3) is 0 Å². The lowest BCUT2D eigenvalue weighted by Crippen LogP contribution is -2.30. The zero-order valence-corrected chi connectivity index (χ0v) is 36.7. The number of ether oxygens (including phenoxy) is 3. The molecular weight excluding hydrogens is 685 g/mol. The lowest BCUT2D eigenvalue weighted by molar-refractivity contribution is -0.167. The summed E-state index contributed by atoms with van der Waals surface area (Å²) in [5, 5.41) is 0. The zero-order valence-electron chi connectivity index (χ0n) is 36.7. The van der Waals surface area contributed by atoms with Crippen molar-refractivity contribution in [3.05, 3.63) is 24.3 Å². The van der Waals surface area contributed by atoms with E-state index in [0.717, 1.165) is 77.0 Å². The van der Waals surface area contributed by atoms with Crippen LogP contribution in [0.3, 0.4) is 0 Å². The molecule has 0 aromatic rings. The van der Waals surface area contributed by atoms with Crippen molar-refractivity contribution in [2.24, 2.45) is 0 Å². The number of hydrogen-bond acceptors (Lipinski definition) is 6. The third-order valence-electron chi connectivity index (χ3n) is 10.5. The van der Waals surface area contributed by atoms with Crippen LogP contribution in [0.5, 0.6) is 0 Å². The van der Waals surface area contributed by atoms with Crippen LogP contribution in [0, 0.1) is 0 Å². The Morgan fingerprint density at radius 1 is 0.364 bits per heavy atom. The van der Waals surface area contributed by atoms with Crippen molar-refractivity contribution in [2.45, 2.75) is 258 Å². The van der Waals surface area contributed by atoms with Gasteiger partial charge in [-0.15, -0.1) is 0 Å². The monoisotopic (exact) mass is 775 g/mol. The van der Waals surface area contributed by atoms with E-state index in [1.165, 1.54) is 135 Å². The largest absolute Gasteiger partial charge is 0.462 e. The number of esters is 3. The van der Waals surface area contributed by atoms with Crippen LogP contribution in [0.15, 0.2) is 24.3 Å². The zero-order chi connectivity index (χ0) is 40.1. The minimum atomic E-state index is -0.758. The van der Waals surface area contributed by atoms with E-state index >= 15 is 0 Å². The summed E-state index contributed by atoms with van der Waals surface area (Å²) in [7, 11) is 0. The number of allylic oxidation sites excluding steroid dienone is 4. The van der Waals surface area contributed by atoms with Gasteiger partial charge in [-0.05, 0) is 51.4 Å². The van der Waals surface area contributed by atoms with Crippen LogP contribution in [0.2, 0.25) is 0 Å². The SMILES string of the molecule is CCCCCCC/C=C\C/C=C\CCCCCCCCCCCCCCCCCC(=O)OCC(COC(=O)CCCCCCC)OC(=O)CCCCCCC. The molecule has 1 atom stereocenters. The Kier molecular flexibility index (Phi) is 42.9. The van der Waals surface area contributed by atoms with E-state index in [4.69, 9.17) is 14.2 Å². The standard InChI is InChI=1S/C49H90O6/c1-4-7-10-13-14-15-16-17-18-19-20-21-22-23-24-25-26-27-28-29-30-31-32-33-34-37-39-42-48(51)54-45-46(55-49(52)43-40-36-12-9-6-3)44-53-47(50)41-38-35-11-8-5-2/h16-17,19-20,46H,4-15,18,21-45H2,1-3H3/b17-16-,20-19-. The van der Waals surface area contributed by atoms with Crippen molar-refractivity contribution in [1.82, 2.24) is 0 Å². The van der Waals surface area contributed by atoms with Gasteiger partial charge < -0.3 is 14.2 Å². The highest BCUT2D eigenvalue weighted by atomic mass is 16.6. The van der Waals surface area contributed by atoms with Crippen LogP contribution in [0.4, 0.5) is 0 Å². The van der Waals surface area contributed by atoms with Crippen LogP contribution in [0.1, 0.15) is 252 Å². The molecule has 0 aromatic heterocycles. The quantitative estimate of drug-likeness (QED) is 0.0266. The molecular formula is C49H90O6. The molecule has 0 fully saturated rings. The molecule has 0 radical (unpaired) electrons. The van der Waals surface area contributed by atoms with Crippen LogP contribution in [-0.4, -0.2) is 37.2 Å². The van der Waals surface area contributed by atoms with Crippen molar-refractivity contribution in [3.63, 3.8) is 0 Å². The molecule has 0 aromatic carbocycles. The second-order valence-electron chi connectivity index (χ2n) is 16.0. The Bertz CT molecular complexity index is 896. The van der Waals surface area contributed by atoms with Gasteiger partial charge in [0.25, 0.3) is 0 Å². The van der Waals surface area contributed by atoms with E-state index in [1.54, 1.807) is 0 Å². The first-order valence-corrected chi connectivity index (χ1v) is 23.8. The number of carbonyl (C=O) groups is 3. The van der Waals surface area contributed by atoms with E-state index in [-0.39, 0.29) is 31.1 Å². The molecule has 6 heteroatoms. The summed E-state index contributed by atoms with van der Waals surface area (Å²) in [6.07, 6.45) is 49.7. The first-order chi connectivity index (χ1) is 27.0. The molecule has 0 aliphatic carbocycles. The van der Waals surface area contributed by atoms with E-state index in [9.17, 15) is 14.4 Å². The highest BCUT2D eigenvalue weighted by molar-refractivity contribution is 5.71.